The Balaban J connectivity index is 2.43. The number of halogens is 1. The second-order valence-electron chi connectivity index (χ2n) is 3.59. The summed E-state index contributed by atoms with van der Waals surface area (Å²) in [7, 11) is 0. The Kier molecular flexibility index (Phi) is 3.59. The van der Waals surface area contributed by atoms with Crippen LogP contribution in [0.1, 0.15) is 30.3 Å². The molecule has 0 radical (unpaired) electrons. The van der Waals surface area contributed by atoms with Gasteiger partial charge in [0.25, 0.3) is 0 Å². The predicted molar refractivity (Wildman–Crippen MR) is 72.1 cm³/mol. The van der Waals surface area contributed by atoms with Gasteiger partial charge in [-0.25, -0.2) is 4.98 Å². The topological polar surface area (TPSA) is 12.9 Å². The first-order valence-corrected chi connectivity index (χ1v) is 7.63. The highest BCUT2D eigenvalue weighted by Crippen LogP contribution is 2.34. The van der Waals surface area contributed by atoms with Crippen LogP contribution < -0.4 is 0 Å². The first-order valence-electron chi connectivity index (χ1n) is 4.81. The van der Waals surface area contributed by atoms with E-state index in [1.807, 2.05) is 0 Å². The monoisotopic (exact) mass is 301 g/mol. The molecule has 1 nitrogen and oxygen atoms in total. The number of thiazole rings is 1. The Morgan fingerprint density at radius 1 is 1.47 bits per heavy atom. The summed E-state index contributed by atoms with van der Waals surface area (Å²) in [5.74, 6) is 0.502. The largest absolute Gasteiger partial charge is 0.240 e. The Morgan fingerprint density at radius 2 is 2.27 bits per heavy atom. The highest BCUT2D eigenvalue weighted by atomic mass is 79.9. The van der Waals surface area contributed by atoms with Crippen LogP contribution in [0.25, 0.3) is 9.88 Å². The van der Waals surface area contributed by atoms with Crippen LogP contribution in [-0.4, -0.2) is 4.98 Å². The number of thiophene rings is 1. The number of alkyl halides is 1. The summed E-state index contributed by atoms with van der Waals surface area (Å²) in [6, 6.07) is 4.20. The lowest BCUT2D eigenvalue weighted by Crippen LogP contribution is -1.90. The molecule has 0 saturated carbocycles. The molecule has 80 valence electrons. The third-order valence-corrected chi connectivity index (χ3v) is 5.17. The van der Waals surface area contributed by atoms with E-state index in [1.54, 1.807) is 22.7 Å². The van der Waals surface area contributed by atoms with Gasteiger partial charge in [-0.2, -0.15) is 0 Å². The van der Waals surface area contributed by atoms with Crippen molar-refractivity contribution in [2.24, 2.45) is 0 Å². The number of rotatable bonds is 3. The van der Waals surface area contributed by atoms with E-state index in [2.05, 4.69) is 47.3 Å². The zero-order valence-electron chi connectivity index (χ0n) is 8.66. The summed E-state index contributed by atoms with van der Waals surface area (Å²) in [6.45, 7) is 4.39. The Bertz CT molecular complexity index is 431. The smallest absolute Gasteiger partial charge is 0.133 e. The van der Waals surface area contributed by atoms with Crippen molar-refractivity contribution >= 4 is 38.6 Å². The van der Waals surface area contributed by atoms with Crippen molar-refractivity contribution in [3.8, 4) is 9.88 Å². The van der Waals surface area contributed by atoms with E-state index in [0.29, 0.717) is 5.92 Å². The summed E-state index contributed by atoms with van der Waals surface area (Å²) in [4.78, 5) is 7.35. The molecule has 0 unspecified atom stereocenters. The molecule has 0 aliphatic carbocycles. The van der Waals surface area contributed by atoms with Crippen LogP contribution in [0, 0.1) is 0 Å². The normalized spacial score (nSPS) is 11.2. The van der Waals surface area contributed by atoms with E-state index in [4.69, 9.17) is 4.98 Å². The predicted octanol–water partition coefficient (Wildman–Crippen LogP) is 4.89. The standard InChI is InChI=1S/C11H12BrNS2/c1-7(2)10-9(6-12)15-11(13-10)8-4-3-5-14-8/h3-5,7H,6H2,1-2H3. The van der Waals surface area contributed by atoms with Crippen LogP contribution in [0.15, 0.2) is 17.5 Å². The fraction of sp³-hybridized carbons (Fsp3) is 0.364. The molecule has 0 fully saturated rings. The molecular formula is C11H12BrNS2. The zero-order valence-corrected chi connectivity index (χ0v) is 11.9. The minimum absolute atomic E-state index is 0.502. The summed E-state index contributed by atoms with van der Waals surface area (Å²) in [5, 5.41) is 4.16. The van der Waals surface area contributed by atoms with Crippen LogP contribution in [0.2, 0.25) is 0 Å². The molecule has 2 aromatic rings. The summed E-state index contributed by atoms with van der Waals surface area (Å²) in [6.07, 6.45) is 0. The van der Waals surface area contributed by atoms with Crippen LogP contribution in [0.3, 0.4) is 0 Å². The van der Waals surface area contributed by atoms with Crippen LogP contribution in [0.4, 0.5) is 0 Å². The van der Waals surface area contributed by atoms with Gasteiger partial charge in [-0.3, -0.25) is 0 Å². The Hall–Kier alpha value is -0.190. The molecule has 0 aromatic carbocycles. The second kappa shape index (κ2) is 4.76. The van der Waals surface area contributed by atoms with Gasteiger partial charge >= 0.3 is 0 Å². The van der Waals surface area contributed by atoms with E-state index in [0.717, 1.165) is 10.3 Å². The van der Waals surface area contributed by atoms with E-state index in [1.165, 1.54) is 15.4 Å². The van der Waals surface area contributed by atoms with Gasteiger partial charge in [0.2, 0.25) is 0 Å². The van der Waals surface area contributed by atoms with Crippen molar-refractivity contribution in [1.29, 1.82) is 0 Å². The average Bonchev–Trinajstić information content (AvgIpc) is 2.86. The van der Waals surface area contributed by atoms with E-state index in [9.17, 15) is 0 Å². The minimum Gasteiger partial charge on any atom is -0.240 e. The van der Waals surface area contributed by atoms with E-state index >= 15 is 0 Å². The molecule has 2 aromatic heterocycles. The van der Waals surface area contributed by atoms with Crippen LogP contribution in [-0.2, 0) is 5.33 Å². The molecule has 0 spiro atoms. The molecule has 0 N–H and O–H groups in total. The molecule has 0 saturated heterocycles. The SMILES string of the molecule is CC(C)c1nc(-c2cccs2)sc1CBr. The molecule has 2 heterocycles. The van der Waals surface area contributed by atoms with Crippen LogP contribution >= 0.6 is 38.6 Å². The van der Waals surface area contributed by atoms with Gasteiger partial charge in [0, 0.05) is 10.2 Å². The van der Waals surface area contributed by atoms with Crippen molar-refractivity contribution in [3.05, 3.63) is 28.1 Å². The van der Waals surface area contributed by atoms with Crippen molar-refractivity contribution in [3.63, 3.8) is 0 Å². The number of aromatic nitrogens is 1. The van der Waals surface area contributed by atoms with Crippen LogP contribution in [0.5, 0.6) is 0 Å². The van der Waals surface area contributed by atoms with Gasteiger partial charge in [-0.1, -0.05) is 35.8 Å². The molecule has 2 rings (SSSR count). The second-order valence-corrected chi connectivity index (χ2v) is 6.19. The average molecular weight is 302 g/mol. The number of hydrogen-bond donors (Lipinski definition) is 0. The van der Waals surface area contributed by atoms with E-state index in [-0.39, 0.29) is 0 Å². The van der Waals surface area contributed by atoms with Crippen molar-refractivity contribution in [2.45, 2.75) is 25.1 Å². The van der Waals surface area contributed by atoms with E-state index < -0.39 is 0 Å². The van der Waals surface area contributed by atoms with Crippen molar-refractivity contribution < 1.29 is 0 Å². The van der Waals surface area contributed by atoms with Gasteiger partial charge < -0.3 is 0 Å². The van der Waals surface area contributed by atoms with Gasteiger partial charge in [0.15, 0.2) is 0 Å². The first-order chi connectivity index (χ1) is 7.22. The summed E-state index contributed by atoms with van der Waals surface area (Å²) >= 11 is 7.08. The Morgan fingerprint density at radius 3 is 2.73 bits per heavy atom. The molecule has 0 bridgehead atoms. The lowest BCUT2D eigenvalue weighted by molar-refractivity contribution is 0.825. The maximum Gasteiger partial charge on any atom is 0.133 e. The summed E-state index contributed by atoms with van der Waals surface area (Å²) < 4.78 is 0. The number of nitrogens with zero attached hydrogens (tertiary/aromatic N) is 1. The van der Waals surface area contributed by atoms with Gasteiger partial charge in [0.1, 0.15) is 5.01 Å². The molecule has 0 atom stereocenters. The fourth-order valence-corrected chi connectivity index (χ4v) is 3.91. The third kappa shape index (κ3) is 2.32. The Labute approximate surface area is 106 Å². The maximum atomic E-state index is 4.72. The lowest BCUT2D eigenvalue weighted by atomic mass is 10.1. The molecule has 0 aliphatic heterocycles. The molecular weight excluding hydrogens is 290 g/mol. The lowest BCUT2D eigenvalue weighted by Gasteiger charge is -2.00. The summed E-state index contributed by atoms with van der Waals surface area (Å²) in [5.41, 5.74) is 1.24. The van der Waals surface area contributed by atoms with Gasteiger partial charge in [-0.15, -0.1) is 22.7 Å². The van der Waals surface area contributed by atoms with Gasteiger partial charge in [0.05, 0.1) is 10.6 Å². The molecule has 0 aliphatic rings. The molecule has 4 heteroatoms. The molecule has 0 amide bonds. The fourth-order valence-electron chi connectivity index (χ4n) is 1.42. The molecule has 15 heavy (non-hydrogen) atoms. The van der Waals surface area contributed by atoms with Gasteiger partial charge in [-0.05, 0) is 17.4 Å². The zero-order chi connectivity index (χ0) is 10.8. The highest BCUT2D eigenvalue weighted by molar-refractivity contribution is 9.08. The highest BCUT2D eigenvalue weighted by Gasteiger charge is 2.14. The van der Waals surface area contributed by atoms with Crippen molar-refractivity contribution in [2.75, 3.05) is 0 Å². The maximum absolute atomic E-state index is 4.72. The minimum atomic E-state index is 0.502. The van der Waals surface area contributed by atoms with Crippen molar-refractivity contribution in [1.82, 2.24) is 4.98 Å². The first kappa shape index (κ1) is 11.3. The quantitative estimate of drug-likeness (QED) is 0.736. The number of hydrogen-bond acceptors (Lipinski definition) is 3. The third-order valence-electron chi connectivity index (χ3n) is 2.13.